The molecule has 0 saturated carbocycles. The van der Waals surface area contributed by atoms with Gasteiger partial charge in [0.2, 0.25) is 11.8 Å². The lowest BCUT2D eigenvalue weighted by atomic mass is 9.75. The average molecular weight is 267 g/mol. The van der Waals surface area contributed by atoms with Crippen LogP contribution in [0.2, 0.25) is 0 Å². The van der Waals surface area contributed by atoms with Gasteiger partial charge in [-0.25, -0.2) is 0 Å². The van der Waals surface area contributed by atoms with E-state index >= 15 is 0 Å². The van der Waals surface area contributed by atoms with Gasteiger partial charge >= 0.3 is 0 Å². The first kappa shape index (κ1) is 13.7. The summed E-state index contributed by atoms with van der Waals surface area (Å²) in [5, 5.41) is 0. The van der Waals surface area contributed by atoms with Crippen LogP contribution in [0.3, 0.4) is 0 Å². The number of rotatable bonds is 5. The molecule has 4 heteroatoms. The largest absolute Gasteiger partial charge is 0.285 e. The quantitative estimate of drug-likeness (QED) is 0.332. The van der Waals surface area contributed by atoms with Gasteiger partial charge in [0.05, 0.1) is 11.8 Å². The molecular formula is C14H22NO2P. The van der Waals surface area contributed by atoms with E-state index in [0.717, 1.165) is 21.4 Å². The molecule has 100 valence electrons. The van der Waals surface area contributed by atoms with Crippen LogP contribution in [-0.4, -0.2) is 36.1 Å². The first-order valence-electron chi connectivity index (χ1n) is 6.85. The molecule has 3 nitrogen and oxygen atoms in total. The molecule has 1 heterocycles. The lowest BCUT2D eigenvalue weighted by molar-refractivity contribution is -0.138. The second-order valence-electron chi connectivity index (χ2n) is 5.19. The summed E-state index contributed by atoms with van der Waals surface area (Å²) in [6.45, 7) is 2.21. The van der Waals surface area contributed by atoms with Gasteiger partial charge in [0.15, 0.2) is 0 Å². The fraction of sp³-hybridized carbons (Fsp3) is 0.714. The number of imide groups is 1. The molecule has 0 aromatic heterocycles. The van der Waals surface area contributed by atoms with E-state index in [0.29, 0.717) is 0 Å². The topological polar surface area (TPSA) is 37.4 Å². The van der Waals surface area contributed by atoms with Crippen molar-refractivity contribution in [3.8, 4) is 0 Å². The molecule has 0 radical (unpaired) electrons. The molecule has 1 aliphatic heterocycles. The first-order chi connectivity index (χ1) is 8.66. The molecular weight excluding hydrogens is 245 g/mol. The Morgan fingerprint density at radius 1 is 1.39 bits per heavy atom. The van der Waals surface area contributed by atoms with E-state index in [2.05, 4.69) is 19.1 Å². The molecule has 4 atom stereocenters. The molecule has 4 unspecified atom stereocenters. The molecule has 2 aliphatic rings. The number of carbonyl (C=O) groups excluding carboxylic acids is 2. The van der Waals surface area contributed by atoms with Gasteiger partial charge < -0.3 is 0 Å². The molecule has 0 aromatic rings. The Kier molecular flexibility index (Phi) is 4.55. The van der Waals surface area contributed by atoms with Crippen molar-refractivity contribution >= 4 is 20.4 Å². The lowest BCUT2D eigenvalue weighted by Crippen LogP contribution is -2.29. The number of hydrogen-bond acceptors (Lipinski definition) is 2. The summed E-state index contributed by atoms with van der Waals surface area (Å²) in [6, 6.07) is 0. The van der Waals surface area contributed by atoms with Crippen molar-refractivity contribution in [2.24, 2.45) is 17.8 Å². The third-order valence-electron chi connectivity index (χ3n) is 4.07. The Labute approximate surface area is 111 Å². The number of fused-ring (bicyclic) bond motifs is 1. The molecule has 1 fully saturated rings. The summed E-state index contributed by atoms with van der Waals surface area (Å²) >= 11 is 0. The van der Waals surface area contributed by atoms with Crippen LogP contribution in [0.1, 0.15) is 26.2 Å². The summed E-state index contributed by atoms with van der Waals surface area (Å²) in [4.78, 5) is 25.4. The Bertz CT molecular complexity index is 367. The van der Waals surface area contributed by atoms with E-state index < -0.39 is 0 Å². The Hall–Kier alpha value is -0.690. The molecule has 0 spiro atoms. The van der Waals surface area contributed by atoms with Crippen molar-refractivity contribution in [3.05, 3.63) is 12.2 Å². The van der Waals surface area contributed by atoms with Crippen LogP contribution in [0.4, 0.5) is 0 Å². The standard InChI is InChI=1S/C14H22NO2P/c1-3-18-9-5-7-10-6-4-8-11-12(10)14(17)15(2)13(11)16/h4,6,10-12,18H,3,5,7-9H2,1-2H3. The fourth-order valence-electron chi connectivity index (χ4n) is 3.07. The molecule has 1 saturated heterocycles. The van der Waals surface area contributed by atoms with E-state index in [-0.39, 0.29) is 29.6 Å². The van der Waals surface area contributed by atoms with E-state index in [9.17, 15) is 9.59 Å². The minimum absolute atomic E-state index is 0.0229. The zero-order chi connectivity index (χ0) is 13.1. The summed E-state index contributed by atoms with van der Waals surface area (Å²) in [7, 11) is 2.66. The van der Waals surface area contributed by atoms with Gasteiger partial charge in [0, 0.05) is 7.05 Å². The van der Waals surface area contributed by atoms with Gasteiger partial charge in [-0.2, -0.15) is 0 Å². The van der Waals surface area contributed by atoms with Crippen LogP contribution in [0.15, 0.2) is 12.2 Å². The zero-order valence-electron chi connectivity index (χ0n) is 11.2. The van der Waals surface area contributed by atoms with Crippen LogP contribution in [0.25, 0.3) is 0 Å². The molecule has 18 heavy (non-hydrogen) atoms. The highest BCUT2D eigenvalue weighted by Gasteiger charge is 2.49. The normalized spacial score (nSPS) is 31.7. The minimum atomic E-state index is -0.0777. The third kappa shape index (κ3) is 2.51. The summed E-state index contributed by atoms with van der Waals surface area (Å²) in [5.41, 5.74) is 0. The first-order valence-corrected chi connectivity index (χ1v) is 8.27. The van der Waals surface area contributed by atoms with Crippen molar-refractivity contribution in [1.82, 2.24) is 4.90 Å². The van der Waals surface area contributed by atoms with Crippen molar-refractivity contribution in [2.75, 3.05) is 19.4 Å². The van der Waals surface area contributed by atoms with Gasteiger partial charge in [-0.15, -0.1) is 8.58 Å². The second kappa shape index (κ2) is 5.97. The maximum Gasteiger partial charge on any atom is 0.233 e. The molecule has 0 bridgehead atoms. The third-order valence-corrected chi connectivity index (χ3v) is 5.28. The van der Waals surface area contributed by atoms with Crippen LogP contribution < -0.4 is 0 Å². The van der Waals surface area contributed by atoms with E-state index in [1.807, 2.05) is 0 Å². The molecule has 0 N–H and O–H groups in total. The van der Waals surface area contributed by atoms with Crippen molar-refractivity contribution in [3.63, 3.8) is 0 Å². The monoisotopic (exact) mass is 267 g/mol. The maximum absolute atomic E-state index is 12.1. The van der Waals surface area contributed by atoms with Crippen LogP contribution >= 0.6 is 8.58 Å². The minimum Gasteiger partial charge on any atom is -0.285 e. The average Bonchev–Trinajstić information content (AvgIpc) is 2.61. The zero-order valence-corrected chi connectivity index (χ0v) is 12.2. The Morgan fingerprint density at radius 3 is 2.89 bits per heavy atom. The lowest BCUT2D eigenvalue weighted by Gasteiger charge is -2.26. The summed E-state index contributed by atoms with van der Waals surface area (Å²) in [6.07, 6.45) is 9.75. The predicted octanol–water partition coefficient (Wildman–Crippen LogP) is 2.27. The SMILES string of the molecule is CCPCCCC1C=CCC2C(=O)N(C)C(=O)C12. The number of hydrogen-bond donors (Lipinski definition) is 0. The highest BCUT2D eigenvalue weighted by molar-refractivity contribution is 7.37. The van der Waals surface area contributed by atoms with E-state index in [4.69, 9.17) is 0 Å². The molecule has 0 aromatic carbocycles. The number of amides is 2. The van der Waals surface area contributed by atoms with Gasteiger partial charge in [0.25, 0.3) is 0 Å². The molecule has 1 aliphatic carbocycles. The van der Waals surface area contributed by atoms with Crippen molar-refractivity contribution < 1.29 is 9.59 Å². The van der Waals surface area contributed by atoms with Gasteiger partial charge in [-0.05, 0) is 37.5 Å². The number of likely N-dealkylation sites (tertiary alicyclic amines) is 1. The van der Waals surface area contributed by atoms with Crippen LogP contribution in [0.5, 0.6) is 0 Å². The Morgan fingerprint density at radius 2 is 2.17 bits per heavy atom. The number of carbonyl (C=O) groups is 2. The number of allylic oxidation sites excluding steroid dienone is 2. The van der Waals surface area contributed by atoms with Gasteiger partial charge in [0.1, 0.15) is 0 Å². The predicted molar refractivity (Wildman–Crippen MR) is 75.0 cm³/mol. The summed E-state index contributed by atoms with van der Waals surface area (Å²) < 4.78 is 0. The molecule has 2 amide bonds. The van der Waals surface area contributed by atoms with Crippen molar-refractivity contribution in [1.29, 1.82) is 0 Å². The summed E-state index contributed by atoms with van der Waals surface area (Å²) in [5.74, 6) is 0.197. The van der Waals surface area contributed by atoms with E-state index in [1.54, 1.807) is 7.05 Å². The second-order valence-corrected chi connectivity index (χ2v) is 6.90. The van der Waals surface area contributed by atoms with E-state index in [1.165, 1.54) is 23.6 Å². The highest BCUT2D eigenvalue weighted by Crippen LogP contribution is 2.40. The van der Waals surface area contributed by atoms with Crippen LogP contribution in [0, 0.1) is 17.8 Å². The maximum atomic E-state index is 12.1. The highest BCUT2D eigenvalue weighted by atomic mass is 31.1. The van der Waals surface area contributed by atoms with Crippen molar-refractivity contribution in [2.45, 2.75) is 26.2 Å². The Balaban J connectivity index is 1.99. The number of nitrogens with zero attached hydrogens (tertiary/aromatic N) is 1. The van der Waals surface area contributed by atoms with Crippen LogP contribution in [-0.2, 0) is 9.59 Å². The fourth-order valence-corrected chi connectivity index (χ4v) is 3.88. The smallest absolute Gasteiger partial charge is 0.233 e. The molecule has 2 rings (SSSR count). The van der Waals surface area contributed by atoms with Gasteiger partial charge in [-0.1, -0.05) is 19.1 Å². The van der Waals surface area contributed by atoms with Gasteiger partial charge in [-0.3, -0.25) is 14.5 Å².